The van der Waals surface area contributed by atoms with Crippen LogP contribution < -0.4 is 5.32 Å². The molecule has 0 aliphatic heterocycles. The van der Waals surface area contributed by atoms with Crippen LogP contribution in [0.2, 0.25) is 5.02 Å². The van der Waals surface area contributed by atoms with Gasteiger partial charge in [0.05, 0.1) is 5.02 Å². The lowest BCUT2D eigenvalue weighted by atomic mass is 10.3. The molecule has 1 fully saturated rings. The smallest absolute Gasteiger partial charge is 0.273 e. The summed E-state index contributed by atoms with van der Waals surface area (Å²) < 4.78 is 14.8. The number of halogens is 2. The number of aromatic nitrogens is 2. The third kappa shape index (κ3) is 2.61. The largest absolute Gasteiger partial charge is 0.339 e. The Labute approximate surface area is 114 Å². The van der Waals surface area contributed by atoms with Gasteiger partial charge in [-0.05, 0) is 31.0 Å². The topological polar surface area (TPSA) is 46.9 Å². The second-order valence-electron chi connectivity index (χ2n) is 4.48. The first-order valence-electron chi connectivity index (χ1n) is 5.95. The molecule has 2 aromatic heterocycles. The quantitative estimate of drug-likeness (QED) is 0.877. The number of pyridine rings is 1. The fraction of sp³-hybridized carbons (Fsp3) is 0.231. The normalized spacial score (nSPS) is 14.4. The molecular formula is C13H11ClFN3O. The zero-order valence-corrected chi connectivity index (χ0v) is 10.7. The van der Waals surface area contributed by atoms with Gasteiger partial charge in [0.15, 0.2) is 0 Å². The first kappa shape index (κ1) is 12.2. The number of hydrogen-bond acceptors (Lipinski definition) is 2. The predicted molar refractivity (Wildman–Crippen MR) is 69.9 cm³/mol. The van der Waals surface area contributed by atoms with Gasteiger partial charge in [-0.2, -0.15) is 4.39 Å². The highest BCUT2D eigenvalue weighted by atomic mass is 35.5. The number of rotatable bonds is 3. The van der Waals surface area contributed by atoms with Crippen LogP contribution in [-0.4, -0.2) is 15.5 Å². The average molecular weight is 280 g/mol. The van der Waals surface area contributed by atoms with Crippen molar-refractivity contribution < 1.29 is 9.18 Å². The summed E-state index contributed by atoms with van der Waals surface area (Å²) in [5.41, 5.74) is 0.471. The minimum absolute atomic E-state index is 0.185. The van der Waals surface area contributed by atoms with Crippen molar-refractivity contribution in [3.05, 3.63) is 47.1 Å². The number of carbonyl (C=O) groups excluding carboxylic acids is 1. The Morgan fingerprint density at radius 1 is 1.47 bits per heavy atom. The minimum atomic E-state index is -0.631. The molecule has 2 aromatic rings. The number of anilines is 1. The molecule has 1 amide bonds. The monoisotopic (exact) mass is 279 g/mol. The first-order chi connectivity index (χ1) is 9.13. The molecule has 0 bridgehead atoms. The summed E-state index contributed by atoms with van der Waals surface area (Å²) in [5.74, 6) is -0.782. The van der Waals surface area contributed by atoms with Crippen LogP contribution in [0.15, 0.2) is 30.5 Å². The van der Waals surface area contributed by atoms with Gasteiger partial charge in [-0.15, -0.1) is 0 Å². The summed E-state index contributed by atoms with van der Waals surface area (Å²) in [4.78, 5) is 15.7. The van der Waals surface area contributed by atoms with E-state index < -0.39 is 5.95 Å². The van der Waals surface area contributed by atoms with Crippen LogP contribution in [-0.2, 0) is 0 Å². The van der Waals surface area contributed by atoms with E-state index in [0.717, 1.165) is 12.8 Å². The second-order valence-corrected chi connectivity index (χ2v) is 4.92. The molecule has 4 nitrogen and oxygen atoms in total. The summed E-state index contributed by atoms with van der Waals surface area (Å²) >= 11 is 5.93. The molecule has 19 heavy (non-hydrogen) atoms. The van der Waals surface area contributed by atoms with E-state index in [2.05, 4.69) is 10.3 Å². The maximum Gasteiger partial charge on any atom is 0.273 e. The highest BCUT2D eigenvalue weighted by molar-refractivity contribution is 6.31. The standard InChI is InChI=1S/C13H11ClFN3O/c14-8-6-10(18(7-8)9-4-5-9)13(19)17-12-3-1-2-11(15)16-12/h1-3,6-7,9H,4-5H2,(H,16,17,19). The molecule has 0 radical (unpaired) electrons. The van der Waals surface area contributed by atoms with Gasteiger partial charge < -0.3 is 9.88 Å². The summed E-state index contributed by atoms with van der Waals surface area (Å²) in [7, 11) is 0. The molecule has 98 valence electrons. The van der Waals surface area contributed by atoms with Gasteiger partial charge in [0, 0.05) is 12.2 Å². The van der Waals surface area contributed by atoms with E-state index in [1.807, 2.05) is 4.57 Å². The van der Waals surface area contributed by atoms with Crippen LogP contribution in [0.3, 0.4) is 0 Å². The van der Waals surface area contributed by atoms with Crippen molar-refractivity contribution in [3.8, 4) is 0 Å². The first-order valence-corrected chi connectivity index (χ1v) is 6.32. The molecule has 0 spiro atoms. The van der Waals surface area contributed by atoms with E-state index in [1.165, 1.54) is 18.2 Å². The van der Waals surface area contributed by atoms with Crippen molar-refractivity contribution in [3.63, 3.8) is 0 Å². The Balaban J connectivity index is 1.84. The summed E-state index contributed by atoms with van der Waals surface area (Å²) in [6.45, 7) is 0. The maximum absolute atomic E-state index is 13.0. The molecule has 0 aromatic carbocycles. The fourth-order valence-corrected chi connectivity index (χ4v) is 2.15. The van der Waals surface area contributed by atoms with Gasteiger partial charge in [0.1, 0.15) is 11.5 Å². The van der Waals surface area contributed by atoms with E-state index >= 15 is 0 Å². The number of nitrogens with zero attached hydrogens (tertiary/aromatic N) is 2. The van der Waals surface area contributed by atoms with E-state index in [1.54, 1.807) is 12.3 Å². The Kier molecular flexibility index (Phi) is 2.98. The Morgan fingerprint density at radius 3 is 2.95 bits per heavy atom. The number of amides is 1. The molecule has 1 N–H and O–H groups in total. The van der Waals surface area contributed by atoms with Crippen molar-refractivity contribution in [1.82, 2.24) is 9.55 Å². The van der Waals surface area contributed by atoms with Crippen molar-refractivity contribution >= 4 is 23.3 Å². The average Bonchev–Trinajstić information content (AvgIpc) is 3.12. The van der Waals surface area contributed by atoms with Gasteiger partial charge in [0.2, 0.25) is 5.95 Å². The van der Waals surface area contributed by atoms with Gasteiger partial charge in [-0.1, -0.05) is 17.7 Å². The molecule has 6 heteroatoms. The van der Waals surface area contributed by atoms with Gasteiger partial charge in [-0.3, -0.25) is 4.79 Å². The third-order valence-electron chi connectivity index (χ3n) is 2.94. The molecule has 1 aliphatic carbocycles. The predicted octanol–water partition coefficient (Wildman–Crippen LogP) is 3.26. The zero-order chi connectivity index (χ0) is 13.4. The van der Waals surface area contributed by atoms with Crippen molar-refractivity contribution in [2.24, 2.45) is 0 Å². The highest BCUT2D eigenvalue weighted by Crippen LogP contribution is 2.37. The SMILES string of the molecule is O=C(Nc1cccc(F)n1)c1cc(Cl)cn1C1CC1. The summed E-state index contributed by atoms with van der Waals surface area (Å²) in [6, 6.07) is 6.19. The molecule has 0 atom stereocenters. The molecule has 0 unspecified atom stereocenters. The lowest BCUT2D eigenvalue weighted by Crippen LogP contribution is -2.17. The van der Waals surface area contributed by atoms with Crippen LogP contribution in [0, 0.1) is 5.95 Å². The molecule has 0 saturated heterocycles. The molecular weight excluding hydrogens is 269 g/mol. The Morgan fingerprint density at radius 2 is 2.26 bits per heavy atom. The molecule has 1 aliphatic rings. The third-order valence-corrected chi connectivity index (χ3v) is 3.15. The van der Waals surface area contributed by atoms with E-state index in [4.69, 9.17) is 11.6 Å². The van der Waals surface area contributed by atoms with Crippen LogP contribution in [0.25, 0.3) is 0 Å². The van der Waals surface area contributed by atoms with E-state index in [-0.39, 0.29) is 11.7 Å². The zero-order valence-electron chi connectivity index (χ0n) is 9.94. The highest BCUT2D eigenvalue weighted by Gasteiger charge is 2.27. The van der Waals surface area contributed by atoms with Crippen molar-refractivity contribution in [1.29, 1.82) is 0 Å². The molecule has 1 saturated carbocycles. The Bertz CT molecular complexity index is 637. The summed E-state index contributed by atoms with van der Waals surface area (Å²) in [6.07, 6.45) is 3.83. The van der Waals surface area contributed by atoms with Gasteiger partial charge in [-0.25, -0.2) is 4.98 Å². The number of carbonyl (C=O) groups is 1. The van der Waals surface area contributed by atoms with Crippen LogP contribution in [0.4, 0.5) is 10.2 Å². The molecule has 3 rings (SSSR count). The van der Waals surface area contributed by atoms with Crippen LogP contribution in [0.5, 0.6) is 0 Å². The fourth-order valence-electron chi connectivity index (χ4n) is 1.94. The maximum atomic E-state index is 13.0. The van der Waals surface area contributed by atoms with Gasteiger partial charge in [0.25, 0.3) is 5.91 Å². The Hall–Kier alpha value is -1.88. The lowest BCUT2D eigenvalue weighted by molar-refractivity contribution is 0.101. The van der Waals surface area contributed by atoms with Crippen molar-refractivity contribution in [2.75, 3.05) is 5.32 Å². The van der Waals surface area contributed by atoms with Crippen LogP contribution >= 0.6 is 11.6 Å². The molecule has 2 heterocycles. The number of nitrogens with one attached hydrogen (secondary N) is 1. The van der Waals surface area contributed by atoms with E-state index in [9.17, 15) is 9.18 Å². The lowest BCUT2D eigenvalue weighted by Gasteiger charge is -2.07. The van der Waals surface area contributed by atoms with Gasteiger partial charge >= 0.3 is 0 Å². The van der Waals surface area contributed by atoms with E-state index in [0.29, 0.717) is 16.8 Å². The second kappa shape index (κ2) is 4.66. The summed E-state index contributed by atoms with van der Waals surface area (Å²) in [5, 5.41) is 3.08. The minimum Gasteiger partial charge on any atom is -0.339 e. The van der Waals surface area contributed by atoms with Crippen LogP contribution in [0.1, 0.15) is 29.4 Å². The van der Waals surface area contributed by atoms with Crippen molar-refractivity contribution in [2.45, 2.75) is 18.9 Å². The number of hydrogen-bond donors (Lipinski definition) is 1.